The molecular weight excluding hydrogens is 256 g/mol. The molecule has 0 spiro atoms. The largest absolute Gasteiger partial charge is 0.459 e. The van der Waals surface area contributed by atoms with Crippen LogP contribution in [0.3, 0.4) is 0 Å². The molecule has 18 heavy (non-hydrogen) atoms. The molecule has 1 atom stereocenters. The SMILES string of the molecule is Nc1cnc(Cl)cc1C(=O)OCC1CCCCO1. The van der Waals surface area contributed by atoms with Crippen LogP contribution in [0.4, 0.5) is 5.69 Å². The normalized spacial score (nSPS) is 19.5. The van der Waals surface area contributed by atoms with Crippen LogP contribution in [0.2, 0.25) is 5.15 Å². The Morgan fingerprint density at radius 1 is 1.61 bits per heavy atom. The van der Waals surface area contributed by atoms with E-state index in [1.54, 1.807) is 0 Å². The molecule has 0 amide bonds. The number of halogens is 1. The van der Waals surface area contributed by atoms with Gasteiger partial charge in [-0.1, -0.05) is 11.6 Å². The smallest absolute Gasteiger partial charge is 0.340 e. The Morgan fingerprint density at radius 2 is 2.44 bits per heavy atom. The van der Waals surface area contributed by atoms with Crippen molar-refractivity contribution in [3.05, 3.63) is 23.0 Å². The molecule has 2 heterocycles. The number of nitrogens with zero attached hydrogens (tertiary/aromatic N) is 1. The van der Waals surface area contributed by atoms with E-state index in [4.69, 9.17) is 26.8 Å². The highest BCUT2D eigenvalue weighted by molar-refractivity contribution is 6.29. The quantitative estimate of drug-likeness (QED) is 0.672. The van der Waals surface area contributed by atoms with Crippen LogP contribution in [0.25, 0.3) is 0 Å². The van der Waals surface area contributed by atoms with E-state index in [1.807, 2.05) is 0 Å². The van der Waals surface area contributed by atoms with Crippen molar-refractivity contribution >= 4 is 23.3 Å². The molecule has 1 aromatic heterocycles. The lowest BCUT2D eigenvalue weighted by Crippen LogP contribution is -2.26. The minimum Gasteiger partial charge on any atom is -0.459 e. The summed E-state index contributed by atoms with van der Waals surface area (Å²) in [4.78, 5) is 15.6. The zero-order chi connectivity index (χ0) is 13.0. The maximum absolute atomic E-state index is 11.8. The molecule has 1 saturated heterocycles. The predicted octanol–water partition coefficient (Wildman–Crippen LogP) is 2.04. The standard InChI is InChI=1S/C12H15ClN2O3/c13-11-5-9(10(14)6-15-11)12(16)18-7-8-3-1-2-4-17-8/h5-6,8H,1-4,7,14H2. The van der Waals surface area contributed by atoms with Gasteiger partial charge in [-0.15, -0.1) is 0 Å². The number of ether oxygens (including phenoxy) is 2. The third-order valence-corrected chi connectivity index (χ3v) is 3.00. The fourth-order valence-electron chi connectivity index (χ4n) is 1.80. The number of hydrogen-bond donors (Lipinski definition) is 1. The molecule has 6 heteroatoms. The van der Waals surface area contributed by atoms with Gasteiger partial charge in [0.25, 0.3) is 0 Å². The second-order valence-corrected chi connectivity index (χ2v) is 4.57. The Hall–Kier alpha value is -1.33. The van der Waals surface area contributed by atoms with E-state index >= 15 is 0 Å². The molecule has 0 bridgehead atoms. The van der Waals surface area contributed by atoms with E-state index < -0.39 is 5.97 Å². The fraction of sp³-hybridized carbons (Fsp3) is 0.500. The first kappa shape index (κ1) is 13.1. The van der Waals surface area contributed by atoms with Crippen molar-refractivity contribution in [3.8, 4) is 0 Å². The van der Waals surface area contributed by atoms with Crippen LogP contribution >= 0.6 is 11.6 Å². The van der Waals surface area contributed by atoms with E-state index in [-0.39, 0.29) is 29.1 Å². The van der Waals surface area contributed by atoms with Crippen molar-refractivity contribution in [3.63, 3.8) is 0 Å². The summed E-state index contributed by atoms with van der Waals surface area (Å²) in [5, 5.41) is 0.213. The molecule has 1 aromatic rings. The molecule has 2 N–H and O–H groups in total. The van der Waals surface area contributed by atoms with E-state index in [0.29, 0.717) is 0 Å². The number of nitrogen functional groups attached to an aromatic ring is 1. The van der Waals surface area contributed by atoms with Gasteiger partial charge in [0.2, 0.25) is 0 Å². The van der Waals surface area contributed by atoms with Crippen LogP contribution in [-0.2, 0) is 9.47 Å². The minimum absolute atomic E-state index is 0.0127. The molecule has 0 radical (unpaired) electrons. The van der Waals surface area contributed by atoms with Gasteiger partial charge in [-0.25, -0.2) is 9.78 Å². The Labute approximate surface area is 110 Å². The van der Waals surface area contributed by atoms with Crippen molar-refractivity contribution in [1.29, 1.82) is 0 Å². The van der Waals surface area contributed by atoms with E-state index in [0.717, 1.165) is 25.9 Å². The molecule has 0 aliphatic carbocycles. The van der Waals surface area contributed by atoms with E-state index in [1.165, 1.54) is 12.3 Å². The molecule has 1 fully saturated rings. The molecule has 0 saturated carbocycles. The third-order valence-electron chi connectivity index (χ3n) is 2.80. The molecule has 1 aliphatic heterocycles. The Bertz CT molecular complexity index is 433. The molecule has 5 nitrogen and oxygen atoms in total. The molecule has 1 aliphatic rings. The number of anilines is 1. The summed E-state index contributed by atoms with van der Waals surface area (Å²) in [6.07, 6.45) is 4.42. The van der Waals surface area contributed by atoms with Gasteiger partial charge in [-0.2, -0.15) is 0 Å². The lowest BCUT2D eigenvalue weighted by Gasteiger charge is -2.22. The molecule has 2 rings (SSSR count). The summed E-state index contributed by atoms with van der Waals surface area (Å²) in [6.45, 7) is 0.976. The Morgan fingerprint density at radius 3 is 3.17 bits per heavy atom. The lowest BCUT2D eigenvalue weighted by molar-refractivity contribution is -0.0300. The summed E-state index contributed by atoms with van der Waals surface area (Å²) < 4.78 is 10.6. The predicted molar refractivity (Wildman–Crippen MR) is 67.5 cm³/mol. The second-order valence-electron chi connectivity index (χ2n) is 4.18. The zero-order valence-corrected chi connectivity index (χ0v) is 10.7. The number of carbonyl (C=O) groups is 1. The summed E-state index contributed by atoms with van der Waals surface area (Å²) >= 11 is 5.71. The van der Waals surface area contributed by atoms with Crippen LogP contribution in [0.15, 0.2) is 12.3 Å². The highest BCUT2D eigenvalue weighted by atomic mass is 35.5. The topological polar surface area (TPSA) is 74.4 Å². The van der Waals surface area contributed by atoms with Gasteiger partial charge in [0, 0.05) is 6.61 Å². The van der Waals surface area contributed by atoms with Crippen LogP contribution in [0.5, 0.6) is 0 Å². The molecule has 98 valence electrons. The van der Waals surface area contributed by atoms with Crippen molar-refractivity contribution in [2.75, 3.05) is 18.9 Å². The average molecular weight is 271 g/mol. The average Bonchev–Trinajstić information content (AvgIpc) is 2.40. The van der Waals surface area contributed by atoms with Crippen LogP contribution < -0.4 is 5.73 Å². The first-order chi connectivity index (χ1) is 8.66. The summed E-state index contributed by atoms with van der Waals surface area (Å²) in [5.41, 5.74) is 6.15. The number of aromatic nitrogens is 1. The van der Waals surface area contributed by atoms with Gasteiger partial charge in [0.1, 0.15) is 11.8 Å². The van der Waals surface area contributed by atoms with Crippen molar-refractivity contribution in [2.45, 2.75) is 25.4 Å². The number of nitrogens with two attached hydrogens (primary N) is 1. The monoisotopic (exact) mass is 270 g/mol. The van der Waals surface area contributed by atoms with E-state index in [2.05, 4.69) is 4.98 Å². The zero-order valence-electron chi connectivity index (χ0n) is 9.89. The first-order valence-electron chi connectivity index (χ1n) is 5.86. The molecule has 1 unspecified atom stereocenters. The lowest BCUT2D eigenvalue weighted by atomic mass is 10.1. The van der Waals surface area contributed by atoms with Gasteiger partial charge in [-0.3, -0.25) is 0 Å². The molecule has 0 aromatic carbocycles. The van der Waals surface area contributed by atoms with Crippen molar-refractivity contribution < 1.29 is 14.3 Å². The summed E-state index contributed by atoms with van der Waals surface area (Å²) in [7, 11) is 0. The van der Waals surface area contributed by atoms with Crippen molar-refractivity contribution in [1.82, 2.24) is 4.98 Å². The number of hydrogen-bond acceptors (Lipinski definition) is 5. The number of rotatable bonds is 3. The summed E-state index contributed by atoms with van der Waals surface area (Å²) in [6, 6.07) is 1.40. The highest BCUT2D eigenvalue weighted by Crippen LogP contribution is 2.17. The maximum atomic E-state index is 11.8. The minimum atomic E-state index is -0.494. The van der Waals surface area contributed by atoms with Crippen LogP contribution in [-0.4, -0.2) is 30.3 Å². The first-order valence-corrected chi connectivity index (χ1v) is 6.24. The van der Waals surface area contributed by atoms with E-state index in [9.17, 15) is 4.79 Å². The molecular formula is C12H15ClN2O3. The van der Waals surface area contributed by atoms with Crippen LogP contribution in [0, 0.1) is 0 Å². The second kappa shape index (κ2) is 6.02. The number of carbonyl (C=O) groups excluding carboxylic acids is 1. The van der Waals surface area contributed by atoms with Gasteiger partial charge < -0.3 is 15.2 Å². The van der Waals surface area contributed by atoms with Gasteiger partial charge >= 0.3 is 5.97 Å². The van der Waals surface area contributed by atoms with Crippen LogP contribution in [0.1, 0.15) is 29.6 Å². The third kappa shape index (κ3) is 3.34. The fourth-order valence-corrected chi connectivity index (χ4v) is 1.96. The number of esters is 1. The Balaban J connectivity index is 1.92. The van der Waals surface area contributed by atoms with Gasteiger partial charge in [0.05, 0.1) is 23.6 Å². The maximum Gasteiger partial charge on any atom is 0.340 e. The van der Waals surface area contributed by atoms with Gasteiger partial charge in [0.15, 0.2) is 0 Å². The number of pyridine rings is 1. The van der Waals surface area contributed by atoms with Gasteiger partial charge in [-0.05, 0) is 25.3 Å². The highest BCUT2D eigenvalue weighted by Gasteiger charge is 2.18. The van der Waals surface area contributed by atoms with Crippen molar-refractivity contribution in [2.24, 2.45) is 0 Å². The summed E-state index contributed by atoms with van der Waals surface area (Å²) in [5.74, 6) is -0.494. The Kier molecular flexibility index (Phi) is 4.38.